The number of rotatable bonds is 11. The van der Waals surface area contributed by atoms with Gasteiger partial charge in [-0.3, -0.25) is 14.2 Å². The first-order valence-electron chi connectivity index (χ1n) is 13.5. The molecule has 2 N–H and O–H groups in total. The average Bonchev–Trinajstić information content (AvgIpc) is 3.68. The SMILES string of the molecule is COc1ccccc1NC(=O)CSc1nc2ccc(NC(=O)CSc3nnc(-c4ccccc4)n3-c3ccccc3)cc2s1. The number of nitrogens with one attached hydrogen (secondary N) is 2. The summed E-state index contributed by atoms with van der Waals surface area (Å²) < 4.78 is 8.94. The fourth-order valence-corrected chi connectivity index (χ4v) is 7.04. The number of carbonyl (C=O) groups is 2. The van der Waals surface area contributed by atoms with Crippen molar-refractivity contribution >= 4 is 68.3 Å². The summed E-state index contributed by atoms with van der Waals surface area (Å²) in [6, 6.07) is 32.6. The van der Waals surface area contributed by atoms with E-state index in [2.05, 4.69) is 25.8 Å². The first kappa shape index (κ1) is 29.4. The second-order valence-electron chi connectivity index (χ2n) is 9.38. The lowest BCUT2D eigenvalue weighted by molar-refractivity contribution is -0.114. The van der Waals surface area contributed by atoms with Gasteiger partial charge in [0.1, 0.15) is 5.75 Å². The van der Waals surface area contributed by atoms with E-state index in [1.54, 1.807) is 19.2 Å². The normalized spacial score (nSPS) is 10.9. The largest absolute Gasteiger partial charge is 0.495 e. The number of thiazole rings is 1. The molecule has 0 saturated heterocycles. The minimum atomic E-state index is -0.162. The zero-order valence-corrected chi connectivity index (χ0v) is 25.9. The van der Waals surface area contributed by atoms with Crippen LogP contribution in [0.3, 0.4) is 0 Å². The van der Waals surface area contributed by atoms with Crippen molar-refractivity contribution in [3.05, 3.63) is 103 Å². The number of para-hydroxylation sites is 3. The highest BCUT2D eigenvalue weighted by molar-refractivity contribution is 8.01. The number of aromatic nitrogens is 4. The predicted octanol–water partition coefficient (Wildman–Crippen LogP) is 7.01. The topological polar surface area (TPSA) is 111 Å². The molecule has 2 heterocycles. The maximum atomic E-state index is 13.0. The average molecular weight is 639 g/mol. The van der Waals surface area contributed by atoms with Gasteiger partial charge in [-0.1, -0.05) is 84.2 Å². The van der Waals surface area contributed by atoms with Crippen LogP contribution in [0.2, 0.25) is 0 Å². The summed E-state index contributed by atoms with van der Waals surface area (Å²) >= 11 is 4.16. The van der Waals surface area contributed by atoms with E-state index in [1.807, 2.05) is 95.6 Å². The Hall–Kier alpha value is -4.65. The molecule has 0 aliphatic carbocycles. The van der Waals surface area contributed by atoms with Crippen molar-refractivity contribution in [2.45, 2.75) is 9.50 Å². The van der Waals surface area contributed by atoms with Gasteiger partial charge in [-0.2, -0.15) is 0 Å². The Bertz CT molecular complexity index is 1910. The number of hydrogen-bond donors (Lipinski definition) is 2. The number of thioether (sulfide) groups is 2. The minimum absolute atomic E-state index is 0.150. The van der Waals surface area contributed by atoms with E-state index in [4.69, 9.17) is 4.74 Å². The lowest BCUT2D eigenvalue weighted by Gasteiger charge is -2.10. The number of methoxy groups -OCH3 is 1. The molecule has 0 atom stereocenters. The number of nitrogens with zero attached hydrogens (tertiary/aromatic N) is 4. The van der Waals surface area contributed by atoms with Crippen LogP contribution >= 0.6 is 34.9 Å². The quantitative estimate of drug-likeness (QED) is 0.146. The van der Waals surface area contributed by atoms with Gasteiger partial charge >= 0.3 is 0 Å². The van der Waals surface area contributed by atoms with Crippen molar-refractivity contribution in [3.63, 3.8) is 0 Å². The van der Waals surface area contributed by atoms with Crippen molar-refractivity contribution in [1.29, 1.82) is 0 Å². The highest BCUT2D eigenvalue weighted by Gasteiger charge is 2.17. The number of ether oxygens (including phenoxy) is 1. The Morgan fingerprint density at radius 2 is 1.52 bits per heavy atom. The van der Waals surface area contributed by atoms with Gasteiger partial charge < -0.3 is 15.4 Å². The number of fused-ring (bicyclic) bond motifs is 1. The number of carbonyl (C=O) groups excluding carboxylic acids is 2. The summed E-state index contributed by atoms with van der Waals surface area (Å²) in [5.41, 5.74) is 3.96. The summed E-state index contributed by atoms with van der Waals surface area (Å²) in [6.45, 7) is 0. The minimum Gasteiger partial charge on any atom is -0.495 e. The maximum Gasteiger partial charge on any atom is 0.234 e. The number of hydrogen-bond acceptors (Lipinski definition) is 9. The van der Waals surface area contributed by atoms with Gasteiger partial charge in [-0.15, -0.1) is 21.5 Å². The van der Waals surface area contributed by atoms with E-state index in [0.717, 1.165) is 25.8 Å². The third-order valence-corrected chi connectivity index (χ3v) is 9.46. The Morgan fingerprint density at radius 3 is 2.32 bits per heavy atom. The van der Waals surface area contributed by atoms with Crippen molar-refractivity contribution in [2.24, 2.45) is 0 Å². The fraction of sp³-hybridized carbons (Fsp3) is 0.0938. The van der Waals surface area contributed by atoms with Gasteiger partial charge in [0, 0.05) is 16.9 Å². The Balaban J connectivity index is 1.08. The summed E-state index contributed by atoms with van der Waals surface area (Å²) in [4.78, 5) is 30.1. The van der Waals surface area contributed by atoms with Gasteiger partial charge in [0.2, 0.25) is 11.8 Å². The molecule has 12 heteroatoms. The highest BCUT2D eigenvalue weighted by atomic mass is 32.2. The molecule has 6 aromatic rings. The predicted molar refractivity (Wildman–Crippen MR) is 178 cm³/mol. The van der Waals surface area contributed by atoms with Crippen LogP contribution in [-0.4, -0.2) is 50.2 Å². The van der Waals surface area contributed by atoms with E-state index >= 15 is 0 Å². The molecule has 0 saturated carbocycles. The van der Waals surface area contributed by atoms with E-state index in [-0.39, 0.29) is 23.3 Å². The Labute approximate surface area is 266 Å². The summed E-state index contributed by atoms with van der Waals surface area (Å²) in [7, 11) is 1.57. The molecule has 4 aromatic carbocycles. The van der Waals surface area contributed by atoms with E-state index < -0.39 is 0 Å². The molecular formula is C32H26N6O3S3. The molecule has 2 amide bonds. The number of anilines is 2. The maximum absolute atomic E-state index is 13.0. The second kappa shape index (κ2) is 13.8. The zero-order chi connectivity index (χ0) is 30.3. The number of benzene rings is 4. The lowest BCUT2D eigenvalue weighted by atomic mass is 10.2. The molecule has 2 aromatic heterocycles. The van der Waals surface area contributed by atoms with Crippen LogP contribution in [0.1, 0.15) is 0 Å². The van der Waals surface area contributed by atoms with Gasteiger partial charge in [-0.25, -0.2) is 4.98 Å². The molecule has 0 aliphatic heterocycles. The van der Waals surface area contributed by atoms with Crippen molar-refractivity contribution in [2.75, 3.05) is 29.2 Å². The van der Waals surface area contributed by atoms with Crippen LogP contribution in [0.15, 0.2) is 113 Å². The second-order valence-corrected chi connectivity index (χ2v) is 12.6. The van der Waals surface area contributed by atoms with Crippen molar-refractivity contribution in [1.82, 2.24) is 19.7 Å². The van der Waals surface area contributed by atoms with Gasteiger partial charge in [-0.05, 0) is 42.5 Å². The first-order chi connectivity index (χ1) is 21.6. The summed E-state index contributed by atoms with van der Waals surface area (Å²) in [5, 5.41) is 15.3. The van der Waals surface area contributed by atoms with Crippen LogP contribution in [0.4, 0.5) is 11.4 Å². The van der Waals surface area contributed by atoms with Crippen LogP contribution in [0.5, 0.6) is 5.75 Å². The summed E-state index contributed by atoms with van der Waals surface area (Å²) in [6.07, 6.45) is 0. The van der Waals surface area contributed by atoms with Gasteiger partial charge in [0.15, 0.2) is 15.3 Å². The van der Waals surface area contributed by atoms with E-state index in [0.29, 0.717) is 28.1 Å². The molecule has 6 rings (SSSR count). The lowest BCUT2D eigenvalue weighted by Crippen LogP contribution is -2.14. The summed E-state index contributed by atoms with van der Waals surface area (Å²) in [5.74, 6) is 1.37. The van der Waals surface area contributed by atoms with Crippen LogP contribution in [-0.2, 0) is 9.59 Å². The van der Waals surface area contributed by atoms with Crippen LogP contribution < -0.4 is 15.4 Å². The molecule has 9 nitrogen and oxygen atoms in total. The van der Waals surface area contributed by atoms with Gasteiger partial charge in [0.25, 0.3) is 0 Å². The van der Waals surface area contributed by atoms with E-state index in [9.17, 15) is 9.59 Å². The van der Waals surface area contributed by atoms with Crippen LogP contribution in [0, 0.1) is 0 Å². The van der Waals surface area contributed by atoms with Gasteiger partial charge in [0.05, 0.1) is 34.5 Å². The van der Waals surface area contributed by atoms with E-state index in [1.165, 1.54) is 34.9 Å². The molecule has 0 radical (unpaired) electrons. The van der Waals surface area contributed by atoms with Crippen molar-refractivity contribution < 1.29 is 14.3 Å². The molecular weight excluding hydrogens is 613 g/mol. The third-order valence-electron chi connectivity index (χ3n) is 6.37. The Kier molecular flexibility index (Phi) is 9.20. The highest BCUT2D eigenvalue weighted by Crippen LogP contribution is 2.32. The molecule has 0 aliphatic rings. The monoisotopic (exact) mass is 638 g/mol. The zero-order valence-electron chi connectivity index (χ0n) is 23.5. The standard InChI is InChI=1S/C32H26N6O3S3/c1-41-26-15-9-8-14-24(26)34-29(40)20-43-32-35-25-17-16-22(18-27(25)44-32)33-28(39)19-42-31-37-36-30(21-10-4-2-5-11-21)38(31)23-12-6-3-7-13-23/h2-18H,19-20H2,1H3,(H,33,39)(H,34,40). The number of amides is 2. The molecule has 0 spiro atoms. The molecule has 220 valence electrons. The Morgan fingerprint density at radius 1 is 0.818 bits per heavy atom. The molecule has 0 fully saturated rings. The fourth-order valence-electron chi connectivity index (χ4n) is 4.38. The smallest absolute Gasteiger partial charge is 0.234 e. The first-order valence-corrected chi connectivity index (χ1v) is 16.3. The van der Waals surface area contributed by atoms with Crippen molar-refractivity contribution in [3.8, 4) is 22.8 Å². The molecule has 0 unspecified atom stereocenters. The molecule has 44 heavy (non-hydrogen) atoms. The third kappa shape index (κ3) is 6.94. The van der Waals surface area contributed by atoms with Crippen LogP contribution in [0.25, 0.3) is 27.3 Å². The molecule has 0 bridgehead atoms.